The highest BCUT2D eigenvalue weighted by Gasteiger charge is 2.10. The van der Waals surface area contributed by atoms with Crippen LogP contribution in [0.25, 0.3) is 0 Å². The predicted octanol–water partition coefficient (Wildman–Crippen LogP) is 3.67. The average molecular weight is 251 g/mol. The molecule has 0 spiro atoms. The highest BCUT2D eigenvalue weighted by molar-refractivity contribution is 5.43. The molecule has 0 unspecified atom stereocenters. The summed E-state index contributed by atoms with van der Waals surface area (Å²) in [6, 6.07) is 6.06. The number of rotatable bonds is 8. The van der Waals surface area contributed by atoms with Crippen LogP contribution in [0.3, 0.4) is 0 Å². The van der Waals surface area contributed by atoms with E-state index in [4.69, 9.17) is 15.2 Å². The van der Waals surface area contributed by atoms with Crippen LogP contribution in [0.4, 0.5) is 0 Å². The molecule has 0 aliphatic carbocycles. The van der Waals surface area contributed by atoms with Crippen LogP contribution in [0.2, 0.25) is 0 Å². The number of benzene rings is 1. The van der Waals surface area contributed by atoms with E-state index in [1.807, 2.05) is 18.2 Å². The van der Waals surface area contributed by atoms with Gasteiger partial charge in [0.1, 0.15) is 0 Å². The van der Waals surface area contributed by atoms with Crippen LogP contribution >= 0.6 is 0 Å². The lowest BCUT2D eigenvalue weighted by Gasteiger charge is -2.16. The Hall–Kier alpha value is -1.22. The lowest BCUT2D eigenvalue weighted by Crippen LogP contribution is -2.09. The van der Waals surface area contributed by atoms with E-state index in [1.54, 1.807) is 0 Å². The molecule has 2 N–H and O–H groups in total. The largest absolute Gasteiger partial charge is 0.490 e. The van der Waals surface area contributed by atoms with Crippen molar-refractivity contribution in [1.29, 1.82) is 0 Å². The standard InChI is InChI=1S/C15H25NO2/c1-4-9-17-14-8-7-12(13(16)6-3)11-15(14)18-10-5-2/h7-8,11,13H,4-6,9-10,16H2,1-3H3/t13-/m1/s1. The molecule has 0 aliphatic heterocycles. The van der Waals surface area contributed by atoms with Crippen molar-refractivity contribution in [2.75, 3.05) is 13.2 Å². The van der Waals surface area contributed by atoms with E-state index < -0.39 is 0 Å². The maximum Gasteiger partial charge on any atom is 0.161 e. The monoisotopic (exact) mass is 251 g/mol. The molecule has 0 heterocycles. The van der Waals surface area contributed by atoms with Crippen molar-refractivity contribution in [3.63, 3.8) is 0 Å². The first-order valence-electron chi connectivity index (χ1n) is 6.88. The summed E-state index contributed by atoms with van der Waals surface area (Å²) in [5.74, 6) is 1.63. The highest BCUT2D eigenvalue weighted by atomic mass is 16.5. The lowest BCUT2D eigenvalue weighted by atomic mass is 10.1. The summed E-state index contributed by atoms with van der Waals surface area (Å²) in [4.78, 5) is 0. The van der Waals surface area contributed by atoms with Crippen molar-refractivity contribution in [2.24, 2.45) is 5.73 Å². The molecule has 0 fully saturated rings. The van der Waals surface area contributed by atoms with Gasteiger partial charge >= 0.3 is 0 Å². The summed E-state index contributed by atoms with van der Waals surface area (Å²) in [6.07, 6.45) is 2.89. The topological polar surface area (TPSA) is 44.5 Å². The zero-order chi connectivity index (χ0) is 13.4. The smallest absolute Gasteiger partial charge is 0.161 e. The molecular formula is C15H25NO2. The SMILES string of the molecule is CCCOc1ccc([C@H](N)CC)cc1OCCC. The van der Waals surface area contributed by atoms with Crippen molar-refractivity contribution in [3.8, 4) is 11.5 Å². The van der Waals surface area contributed by atoms with Gasteiger partial charge in [-0.25, -0.2) is 0 Å². The fourth-order valence-corrected chi connectivity index (χ4v) is 1.65. The zero-order valence-electron chi connectivity index (χ0n) is 11.7. The molecule has 1 aromatic rings. The maximum absolute atomic E-state index is 6.05. The fourth-order valence-electron chi connectivity index (χ4n) is 1.65. The minimum Gasteiger partial charge on any atom is -0.490 e. The quantitative estimate of drug-likeness (QED) is 0.766. The van der Waals surface area contributed by atoms with E-state index >= 15 is 0 Å². The third-order valence-electron chi connectivity index (χ3n) is 2.76. The Morgan fingerprint density at radius 1 is 1.00 bits per heavy atom. The van der Waals surface area contributed by atoms with E-state index in [-0.39, 0.29) is 6.04 Å². The number of hydrogen-bond donors (Lipinski definition) is 1. The molecule has 0 bridgehead atoms. The minimum atomic E-state index is 0.0641. The first-order valence-corrected chi connectivity index (χ1v) is 6.88. The Labute approximate surface area is 110 Å². The maximum atomic E-state index is 6.05. The third-order valence-corrected chi connectivity index (χ3v) is 2.76. The predicted molar refractivity (Wildman–Crippen MR) is 75.2 cm³/mol. The first kappa shape index (κ1) is 14.8. The van der Waals surface area contributed by atoms with Gasteiger partial charge in [-0.3, -0.25) is 0 Å². The highest BCUT2D eigenvalue weighted by Crippen LogP contribution is 2.31. The summed E-state index contributed by atoms with van der Waals surface area (Å²) < 4.78 is 11.4. The van der Waals surface area contributed by atoms with Gasteiger partial charge in [-0.1, -0.05) is 26.8 Å². The molecule has 0 saturated heterocycles. The van der Waals surface area contributed by atoms with Crippen LogP contribution in [-0.4, -0.2) is 13.2 Å². The van der Waals surface area contributed by atoms with Crippen molar-refractivity contribution in [3.05, 3.63) is 23.8 Å². The lowest BCUT2D eigenvalue weighted by molar-refractivity contribution is 0.268. The number of ether oxygens (including phenoxy) is 2. The van der Waals surface area contributed by atoms with Crippen LogP contribution < -0.4 is 15.2 Å². The van der Waals surface area contributed by atoms with E-state index in [2.05, 4.69) is 20.8 Å². The van der Waals surface area contributed by atoms with Gasteiger partial charge in [0.05, 0.1) is 13.2 Å². The van der Waals surface area contributed by atoms with Gasteiger partial charge in [0, 0.05) is 6.04 Å². The van der Waals surface area contributed by atoms with E-state index in [0.29, 0.717) is 13.2 Å². The van der Waals surface area contributed by atoms with Gasteiger partial charge < -0.3 is 15.2 Å². The molecule has 3 nitrogen and oxygen atoms in total. The minimum absolute atomic E-state index is 0.0641. The Bertz CT molecular complexity index is 352. The molecule has 0 aliphatic rings. The van der Waals surface area contributed by atoms with Gasteiger partial charge in [0.25, 0.3) is 0 Å². The summed E-state index contributed by atoms with van der Waals surface area (Å²) in [7, 11) is 0. The first-order chi connectivity index (χ1) is 8.72. The molecule has 1 aromatic carbocycles. The van der Waals surface area contributed by atoms with E-state index in [0.717, 1.165) is 36.3 Å². The molecule has 0 radical (unpaired) electrons. The van der Waals surface area contributed by atoms with Crippen LogP contribution in [0, 0.1) is 0 Å². The van der Waals surface area contributed by atoms with Crippen molar-refractivity contribution in [1.82, 2.24) is 0 Å². The van der Waals surface area contributed by atoms with Crippen LogP contribution in [0.15, 0.2) is 18.2 Å². The second-order valence-electron chi connectivity index (χ2n) is 4.42. The third kappa shape index (κ3) is 4.22. The summed E-state index contributed by atoms with van der Waals surface area (Å²) >= 11 is 0. The van der Waals surface area contributed by atoms with Crippen molar-refractivity contribution < 1.29 is 9.47 Å². The number of nitrogens with two attached hydrogens (primary N) is 1. The van der Waals surface area contributed by atoms with Crippen molar-refractivity contribution >= 4 is 0 Å². The van der Waals surface area contributed by atoms with Gasteiger partial charge in [-0.15, -0.1) is 0 Å². The molecule has 0 amide bonds. The Balaban J connectivity index is 2.88. The molecule has 1 rings (SSSR count). The van der Waals surface area contributed by atoms with Crippen molar-refractivity contribution in [2.45, 2.75) is 46.1 Å². The summed E-state index contributed by atoms with van der Waals surface area (Å²) in [5, 5.41) is 0. The van der Waals surface area contributed by atoms with Crippen LogP contribution in [-0.2, 0) is 0 Å². The van der Waals surface area contributed by atoms with Crippen LogP contribution in [0.5, 0.6) is 11.5 Å². The normalized spacial score (nSPS) is 12.2. The number of hydrogen-bond acceptors (Lipinski definition) is 3. The Morgan fingerprint density at radius 3 is 2.17 bits per heavy atom. The molecular weight excluding hydrogens is 226 g/mol. The van der Waals surface area contributed by atoms with Gasteiger partial charge in [0.2, 0.25) is 0 Å². The Morgan fingerprint density at radius 2 is 1.61 bits per heavy atom. The molecule has 0 aromatic heterocycles. The summed E-state index contributed by atoms with van der Waals surface area (Å²) in [5.41, 5.74) is 7.15. The molecule has 3 heteroatoms. The van der Waals surface area contributed by atoms with Gasteiger partial charge in [0.15, 0.2) is 11.5 Å². The van der Waals surface area contributed by atoms with Gasteiger partial charge in [-0.05, 0) is 37.0 Å². The second-order valence-corrected chi connectivity index (χ2v) is 4.42. The van der Waals surface area contributed by atoms with E-state index in [1.165, 1.54) is 0 Å². The second kappa shape index (κ2) is 7.98. The van der Waals surface area contributed by atoms with E-state index in [9.17, 15) is 0 Å². The molecule has 1 atom stereocenters. The molecule has 102 valence electrons. The molecule has 0 saturated carbocycles. The zero-order valence-corrected chi connectivity index (χ0v) is 11.7. The van der Waals surface area contributed by atoms with Gasteiger partial charge in [-0.2, -0.15) is 0 Å². The summed E-state index contributed by atoms with van der Waals surface area (Å²) in [6.45, 7) is 7.68. The average Bonchev–Trinajstić information content (AvgIpc) is 2.42. The van der Waals surface area contributed by atoms with Crippen LogP contribution in [0.1, 0.15) is 51.6 Å². The molecule has 18 heavy (non-hydrogen) atoms. The fraction of sp³-hybridized carbons (Fsp3) is 0.600. The Kier molecular flexibility index (Phi) is 6.58.